The molecule has 0 aromatic carbocycles. The number of hydrogen-bond acceptors (Lipinski definition) is 6. The molecule has 1 aliphatic heterocycles. The zero-order valence-corrected chi connectivity index (χ0v) is 15.3. The SMILES string of the molecule is CCCCn1c(N)c(N(Cc2ccco2)C(=O)[C@@H]2CCCO2)c(=O)[nH]c1=O. The van der Waals surface area contributed by atoms with E-state index in [2.05, 4.69) is 4.98 Å². The standard InChI is InChI=1S/C18H24N4O5/c1-2-3-8-21-15(19)14(16(23)20-18(21)25)22(11-12-6-4-9-26-12)17(24)13-7-5-10-27-13/h4,6,9,13H,2-3,5,7-8,10-11,19H2,1H3,(H,20,23,25)/t13-/m0/s1. The van der Waals surface area contributed by atoms with Gasteiger partial charge in [-0.2, -0.15) is 0 Å². The number of amides is 1. The maximum Gasteiger partial charge on any atom is 0.330 e. The van der Waals surface area contributed by atoms with Gasteiger partial charge in [0.25, 0.3) is 11.5 Å². The first-order valence-corrected chi connectivity index (χ1v) is 9.11. The van der Waals surface area contributed by atoms with Gasteiger partial charge in [0.15, 0.2) is 5.69 Å². The third kappa shape index (κ3) is 3.97. The Hall–Kier alpha value is -2.81. The number of rotatable bonds is 7. The van der Waals surface area contributed by atoms with Crippen molar-refractivity contribution >= 4 is 17.4 Å². The molecule has 146 valence electrons. The summed E-state index contributed by atoms with van der Waals surface area (Å²) in [4.78, 5) is 41.3. The maximum absolute atomic E-state index is 13.1. The Morgan fingerprint density at radius 1 is 1.44 bits per heavy atom. The van der Waals surface area contributed by atoms with Crippen LogP contribution in [0.2, 0.25) is 0 Å². The molecule has 0 saturated carbocycles. The Bertz CT molecular complexity index is 893. The predicted molar refractivity (Wildman–Crippen MR) is 99.5 cm³/mol. The number of anilines is 2. The van der Waals surface area contributed by atoms with Crippen LogP contribution in [-0.4, -0.2) is 28.2 Å². The molecular formula is C18H24N4O5. The Labute approximate surface area is 155 Å². The molecule has 1 atom stereocenters. The van der Waals surface area contributed by atoms with E-state index in [1.54, 1.807) is 12.1 Å². The number of hydrogen-bond donors (Lipinski definition) is 2. The number of carbonyl (C=O) groups excluding carboxylic acids is 1. The summed E-state index contributed by atoms with van der Waals surface area (Å²) < 4.78 is 12.1. The van der Waals surface area contributed by atoms with Crippen LogP contribution >= 0.6 is 0 Å². The van der Waals surface area contributed by atoms with Gasteiger partial charge in [0.2, 0.25) is 0 Å². The van der Waals surface area contributed by atoms with Crippen molar-refractivity contribution in [3.8, 4) is 0 Å². The van der Waals surface area contributed by atoms with E-state index in [1.165, 1.54) is 15.7 Å². The van der Waals surface area contributed by atoms with Crippen LogP contribution in [0.3, 0.4) is 0 Å². The van der Waals surface area contributed by atoms with Gasteiger partial charge in [0.1, 0.15) is 17.7 Å². The Morgan fingerprint density at radius 3 is 2.89 bits per heavy atom. The number of aromatic amines is 1. The molecule has 1 amide bonds. The summed E-state index contributed by atoms with van der Waals surface area (Å²) in [6.45, 7) is 2.85. The van der Waals surface area contributed by atoms with Crippen LogP contribution in [0.1, 0.15) is 38.4 Å². The normalized spacial score (nSPS) is 16.6. The second-order valence-electron chi connectivity index (χ2n) is 6.50. The van der Waals surface area contributed by atoms with Gasteiger partial charge in [-0.05, 0) is 31.4 Å². The van der Waals surface area contributed by atoms with E-state index < -0.39 is 17.4 Å². The second-order valence-corrected chi connectivity index (χ2v) is 6.50. The highest BCUT2D eigenvalue weighted by Crippen LogP contribution is 2.24. The van der Waals surface area contributed by atoms with Crippen molar-refractivity contribution in [2.75, 3.05) is 17.2 Å². The lowest BCUT2D eigenvalue weighted by molar-refractivity contribution is -0.127. The number of unbranched alkanes of at least 4 members (excludes halogenated alkanes) is 1. The van der Waals surface area contributed by atoms with Gasteiger partial charge < -0.3 is 14.9 Å². The molecule has 0 radical (unpaired) electrons. The largest absolute Gasteiger partial charge is 0.467 e. The number of carbonyl (C=O) groups is 1. The second kappa shape index (κ2) is 8.26. The average molecular weight is 376 g/mol. The van der Waals surface area contributed by atoms with Gasteiger partial charge in [-0.15, -0.1) is 0 Å². The van der Waals surface area contributed by atoms with E-state index in [1.807, 2.05) is 6.92 Å². The minimum absolute atomic E-state index is 0.0188. The van der Waals surface area contributed by atoms with E-state index in [9.17, 15) is 14.4 Å². The van der Waals surface area contributed by atoms with E-state index in [-0.39, 0.29) is 24.0 Å². The van der Waals surface area contributed by atoms with Crippen LogP contribution in [0.5, 0.6) is 0 Å². The van der Waals surface area contributed by atoms with Crippen LogP contribution < -0.4 is 21.9 Å². The number of aromatic nitrogens is 2. The van der Waals surface area contributed by atoms with Gasteiger partial charge in [-0.25, -0.2) is 4.79 Å². The van der Waals surface area contributed by atoms with E-state index >= 15 is 0 Å². The molecule has 9 nitrogen and oxygen atoms in total. The van der Waals surface area contributed by atoms with Crippen LogP contribution in [0.25, 0.3) is 0 Å². The van der Waals surface area contributed by atoms with Crippen molar-refractivity contribution in [1.82, 2.24) is 9.55 Å². The molecule has 0 spiro atoms. The Morgan fingerprint density at radius 2 is 2.26 bits per heavy atom. The summed E-state index contributed by atoms with van der Waals surface area (Å²) in [5, 5.41) is 0. The quantitative estimate of drug-likeness (QED) is 0.749. The first-order valence-electron chi connectivity index (χ1n) is 9.11. The van der Waals surface area contributed by atoms with E-state index in [0.29, 0.717) is 31.8 Å². The molecule has 2 aromatic rings. The van der Waals surface area contributed by atoms with Crippen LogP contribution in [0.15, 0.2) is 32.4 Å². The third-order valence-corrected chi connectivity index (χ3v) is 4.58. The minimum atomic E-state index is -0.705. The van der Waals surface area contributed by atoms with Gasteiger partial charge in [0, 0.05) is 13.2 Å². The zero-order valence-electron chi connectivity index (χ0n) is 15.3. The fourth-order valence-electron chi connectivity index (χ4n) is 3.15. The highest BCUT2D eigenvalue weighted by atomic mass is 16.5. The molecule has 0 unspecified atom stereocenters. The molecular weight excluding hydrogens is 352 g/mol. The van der Waals surface area contributed by atoms with Crippen molar-refractivity contribution in [2.45, 2.75) is 51.8 Å². The zero-order chi connectivity index (χ0) is 19.4. The summed E-state index contributed by atoms with van der Waals surface area (Å²) in [5.74, 6) is 0.0864. The number of nitrogens with zero attached hydrogens (tertiary/aromatic N) is 2. The predicted octanol–water partition coefficient (Wildman–Crippen LogP) is 1.22. The van der Waals surface area contributed by atoms with Gasteiger partial charge in [0.05, 0.1) is 12.8 Å². The molecule has 1 fully saturated rings. The van der Waals surface area contributed by atoms with Crippen molar-refractivity contribution < 1.29 is 13.9 Å². The molecule has 9 heteroatoms. The van der Waals surface area contributed by atoms with Gasteiger partial charge in [-0.1, -0.05) is 13.3 Å². The number of nitrogen functional groups attached to an aromatic ring is 1. The first-order chi connectivity index (χ1) is 13.0. The molecule has 3 rings (SSSR count). The Kier molecular flexibility index (Phi) is 5.80. The number of nitrogens with one attached hydrogen (secondary N) is 1. The van der Waals surface area contributed by atoms with Gasteiger partial charge in [-0.3, -0.25) is 24.0 Å². The smallest absolute Gasteiger partial charge is 0.330 e. The maximum atomic E-state index is 13.1. The molecule has 2 aromatic heterocycles. The van der Waals surface area contributed by atoms with Crippen LogP contribution in [-0.2, 0) is 22.6 Å². The number of nitrogens with two attached hydrogens (primary N) is 1. The third-order valence-electron chi connectivity index (χ3n) is 4.58. The minimum Gasteiger partial charge on any atom is -0.467 e. The monoisotopic (exact) mass is 376 g/mol. The fourth-order valence-corrected chi connectivity index (χ4v) is 3.15. The van der Waals surface area contributed by atoms with E-state index in [0.717, 1.165) is 12.8 Å². The molecule has 1 aliphatic rings. The summed E-state index contributed by atoms with van der Waals surface area (Å²) in [5.41, 5.74) is 4.83. The van der Waals surface area contributed by atoms with Crippen molar-refractivity contribution in [2.24, 2.45) is 0 Å². The number of H-pyrrole nitrogens is 1. The molecule has 3 N–H and O–H groups in total. The van der Waals surface area contributed by atoms with Crippen molar-refractivity contribution in [3.63, 3.8) is 0 Å². The molecule has 1 saturated heterocycles. The lowest BCUT2D eigenvalue weighted by atomic mass is 10.2. The summed E-state index contributed by atoms with van der Waals surface area (Å²) in [7, 11) is 0. The Balaban J connectivity index is 2.06. The molecule has 3 heterocycles. The molecule has 0 aliphatic carbocycles. The average Bonchev–Trinajstić information content (AvgIpc) is 3.34. The highest BCUT2D eigenvalue weighted by molar-refractivity contribution is 5.98. The van der Waals surface area contributed by atoms with Crippen LogP contribution in [0.4, 0.5) is 11.5 Å². The summed E-state index contributed by atoms with van der Waals surface area (Å²) in [6, 6.07) is 3.40. The van der Waals surface area contributed by atoms with Crippen LogP contribution in [0, 0.1) is 0 Å². The molecule has 0 bridgehead atoms. The topological polar surface area (TPSA) is 124 Å². The summed E-state index contributed by atoms with van der Waals surface area (Å²) >= 11 is 0. The van der Waals surface area contributed by atoms with Crippen molar-refractivity contribution in [3.05, 3.63) is 45.0 Å². The number of furan rings is 1. The first kappa shape index (κ1) is 19.0. The lowest BCUT2D eigenvalue weighted by Gasteiger charge is -2.25. The van der Waals surface area contributed by atoms with Crippen molar-refractivity contribution in [1.29, 1.82) is 0 Å². The lowest BCUT2D eigenvalue weighted by Crippen LogP contribution is -2.44. The highest BCUT2D eigenvalue weighted by Gasteiger charge is 2.33. The fraction of sp³-hybridized carbons (Fsp3) is 0.500. The van der Waals surface area contributed by atoms with Gasteiger partial charge >= 0.3 is 5.69 Å². The number of ether oxygens (including phenoxy) is 1. The summed E-state index contributed by atoms with van der Waals surface area (Å²) in [6.07, 6.45) is 3.75. The molecule has 27 heavy (non-hydrogen) atoms. The van der Waals surface area contributed by atoms with E-state index in [4.69, 9.17) is 14.9 Å².